The monoisotopic (exact) mass is 332 g/mol. The first-order valence-corrected chi connectivity index (χ1v) is 6.73. The number of ketones is 1. The molecule has 0 aliphatic heterocycles. The van der Waals surface area contributed by atoms with Crippen LogP contribution in [0, 0.1) is 21.4 Å². The number of hydrogen-bond donors (Lipinski definition) is 2. The summed E-state index contributed by atoms with van der Waals surface area (Å²) in [6.45, 7) is 0. The molecule has 0 fully saturated rings. The number of halogens is 1. The van der Waals surface area contributed by atoms with Crippen LogP contribution in [0.15, 0.2) is 48.5 Å². The van der Waals surface area contributed by atoms with E-state index in [1.165, 1.54) is 12.1 Å². The summed E-state index contributed by atoms with van der Waals surface area (Å²) >= 11 is 5.72. The Morgan fingerprint density at radius 1 is 1.26 bits per heavy atom. The van der Waals surface area contributed by atoms with Crippen LogP contribution >= 0.6 is 11.6 Å². The summed E-state index contributed by atoms with van der Waals surface area (Å²) < 4.78 is 0. The maximum atomic E-state index is 11.2. The van der Waals surface area contributed by atoms with E-state index in [9.17, 15) is 14.9 Å². The van der Waals surface area contributed by atoms with Gasteiger partial charge in [0.1, 0.15) is 5.69 Å². The number of hydrazine groups is 1. The van der Waals surface area contributed by atoms with Gasteiger partial charge in [-0.1, -0.05) is 35.9 Å². The number of nitrogen functional groups attached to an aromatic ring is 1. The van der Waals surface area contributed by atoms with Gasteiger partial charge in [0.15, 0.2) is 5.78 Å². The number of nitro benzene ring substituents is 1. The minimum absolute atomic E-state index is 0.0185. The first-order chi connectivity index (χ1) is 11.0. The van der Waals surface area contributed by atoms with Crippen molar-refractivity contribution in [3.05, 3.63) is 69.2 Å². The normalized spacial score (nSPS) is 9.09. The topological polar surface area (TPSA) is 122 Å². The molecule has 0 saturated carbocycles. The van der Waals surface area contributed by atoms with Gasteiger partial charge in [0.25, 0.3) is 5.69 Å². The number of para-hydroxylation sites is 2. The number of nitro groups is 1. The average molecular weight is 333 g/mol. The molecule has 8 heteroatoms. The molecule has 0 spiro atoms. The smallest absolute Gasteiger partial charge is 0.293 e. The molecule has 0 unspecified atom stereocenters. The van der Waals surface area contributed by atoms with Gasteiger partial charge < -0.3 is 5.43 Å². The third kappa shape index (κ3) is 5.39. The molecule has 118 valence electrons. The van der Waals surface area contributed by atoms with Crippen molar-refractivity contribution in [1.82, 2.24) is 0 Å². The molecule has 0 aliphatic rings. The molecule has 0 bridgehead atoms. The molecule has 2 aromatic rings. The van der Waals surface area contributed by atoms with Crippen molar-refractivity contribution in [3.63, 3.8) is 0 Å². The first kappa shape index (κ1) is 18.1. The Kier molecular flexibility index (Phi) is 7.20. The Bertz CT molecular complexity index is 743. The summed E-state index contributed by atoms with van der Waals surface area (Å²) in [5, 5.41) is 19.0. The Morgan fingerprint density at radius 3 is 2.39 bits per heavy atom. The third-order valence-electron chi connectivity index (χ3n) is 2.67. The van der Waals surface area contributed by atoms with E-state index >= 15 is 0 Å². The number of benzene rings is 2. The number of anilines is 1. The standard InChI is InChI=1S/C9H6ClNO.C6H7N3O2/c10-8-4-2-1-3-7(8)9(12)5-6-11;7-8-5-3-1-2-4-6(5)9(10)11/h1-4H,5H2;1-4,8H,7H2. The Labute approximate surface area is 137 Å². The van der Waals surface area contributed by atoms with Gasteiger partial charge in [0.05, 0.1) is 22.4 Å². The summed E-state index contributed by atoms with van der Waals surface area (Å²) in [5.74, 6) is 4.80. The van der Waals surface area contributed by atoms with Crippen molar-refractivity contribution in [2.45, 2.75) is 6.42 Å². The highest BCUT2D eigenvalue weighted by Gasteiger charge is 2.09. The molecule has 0 saturated heterocycles. The molecule has 2 rings (SSSR count). The van der Waals surface area contributed by atoms with Crippen LogP contribution in [0.25, 0.3) is 0 Å². The number of Topliss-reactive ketones (excluding diaryl/α,β-unsaturated/α-hetero) is 1. The van der Waals surface area contributed by atoms with E-state index in [4.69, 9.17) is 22.7 Å². The van der Waals surface area contributed by atoms with Crippen LogP contribution in [-0.4, -0.2) is 10.7 Å². The Balaban J connectivity index is 0.000000231. The van der Waals surface area contributed by atoms with Gasteiger partial charge in [-0.3, -0.25) is 20.8 Å². The van der Waals surface area contributed by atoms with Crippen LogP contribution in [0.1, 0.15) is 16.8 Å². The molecule has 3 N–H and O–H groups in total. The molecule has 2 aromatic carbocycles. The van der Waals surface area contributed by atoms with E-state index in [1.54, 1.807) is 42.5 Å². The van der Waals surface area contributed by atoms with Crippen molar-refractivity contribution >= 4 is 28.8 Å². The highest BCUT2D eigenvalue weighted by atomic mass is 35.5. The molecule has 0 heterocycles. The molecular formula is C15H13ClN4O3. The molecule has 0 radical (unpaired) electrons. The van der Waals surface area contributed by atoms with Crippen molar-refractivity contribution in [1.29, 1.82) is 5.26 Å². The maximum Gasteiger partial charge on any atom is 0.293 e. The Morgan fingerprint density at radius 2 is 1.87 bits per heavy atom. The minimum atomic E-state index is -0.491. The van der Waals surface area contributed by atoms with Crippen LogP contribution < -0.4 is 11.3 Å². The van der Waals surface area contributed by atoms with E-state index in [0.717, 1.165) is 0 Å². The molecule has 0 amide bonds. The largest absolute Gasteiger partial charge is 0.318 e. The lowest BCUT2D eigenvalue weighted by atomic mass is 10.1. The van der Waals surface area contributed by atoms with E-state index < -0.39 is 4.92 Å². The molecule has 7 nitrogen and oxygen atoms in total. The zero-order valence-corrected chi connectivity index (χ0v) is 12.7. The molecule has 23 heavy (non-hydrogen) atoms. The van der Waals surface area contributed by atoms with Gasteiger partial charge in [-0.05, 0) is 18.2 Å². The van der Waals surface area contributed by atoms with E-state index in [1.807, 2.05) is 0 Å². The molecular weight excluding hydrogens is 320 g/mol. The fourth-order valence-electron chi connectivity index (χ4n) is 1.61. The highest BCUT2D eigenvalue weighted by Crippen LogP contribution is 2.21. The zero-order chi connectivity index (χ0) is 17.2. The van der Waals surface area contributed by atoms with Crippen molar-refractivity contribution in [3.8, 4) is 6.07 Å². The lowest BCUT2D eigenvalue weighted by Gasteiger charge is -1.98. The number of carbonyl (C=O) groups excluding carboxylic acids is 1. The quantitative estimate of drug-likeness (QED) is 0.383. The number of nitrogens with two attached hydrogens (primary N) is 1. The van der Waals surface area contributed by atoms with Crippen molar-refractivity contribution in [2.75, 3.05) is 5.43 Å². The average Bonchev–Trinajstić information content (AvgIpc) is 2.56. The summed E-state index contributed by atoms with van der Waals surface area (Å²) in [6, 6.07) is 14.7. The molecule has 0 atom stereocenters. The Hall–Kier alpha value is -2.95. The van der Waals surface area contributed by atoms with E-state index in [2.05, 4.69) is 5.43 Å². The first-order valence-electron chi connectivity index (χ1n) is 6.36. The maximum absolute atomic E-state index is 11.2. The van der Waals surface area contributed by atoms with Crippen molar-refractivity contribution < 1.29 is 9.72 Å². The lowest BCUT2D eigenvalue weighted by Crippen LogP contribution is -2.08. The summed E-state index contributed by atoms with van der Waals surface area (Å²) in [5.41, 5.74) is 2.95. The van der Waals surface area contributed by atoms with E-state index in [0.29, 0.717) is 16.3 Å². The number of nitriles is 1. The van der Waals surface area contributed by atoms with Crippen LogP contribution in [0.5, 0.6) is 0 Å². The number of carbonyl (C=O) groups is 1. The fraction of sp³-hybridized carbons (Fsp3) is 0.0667. The molecule has 0 aliphatic carbocycles. The number of nitrogens with one attached hydrogen (secondary N) is 1. The number of nitrogens with zero attached hydrogens (tertiary/aromatic N) is 2. The fourth-order valence-corrected chi connectivity index (χ4v) is 1.85. The van der Waals surface area contributed by atoms with Gasteiger partial charge in [-0.15, -0.1) is 0 Å². The van der Waals surface area contributed by atoms with Crippen molar-refractivity contribution in [2.24, 2.45) is 5.84 Å². The predicted molar refractivity (Wildman–Crippen MR) is 86.9 cm³/mol. The molecule has 0 aromatic heterocycles. The van der Waals surface area contributed by atoms with Gasteiger partial charge in [0.2, 0.25) is 0 Å². The van der Waals surface area contributed by atoms with Gasteiger partial charge >= 0.3 is 0 Å². The number of rotatable bonds is 4. The second kappa shape index (κ2) is 9.15. The predicted octanol–water partition coefficient (Wildman–Crippen LogP) is 3.32. The summed E-state index contributed by atoms with van der Waals surface area (Å²) in [4.78, 5) is 21.0. The second-order valence-corrected chi connectivity index (χ2v) is 4.56. The number of hydrogen-bond acceptors (Lipinski definition) is 6. The third-order valence-corrected chi connectivity index (χ3v) is 3.00. The van der Waals surface area contributed by atoms with Crippen LogP contribution in [0.3, 0.4) is 0 Å². The van der Waals surface area contributed by atoms with Crippen LogP contribution in [0.4, 0.5) is 11.4 Å². The lowest BCUT2D eigenvalue weighted by molar-refractivity contribution is -0.384. The van der Waals surface area contributed by atoms with Gasteiger partial charge in [-0.2, -0.15) is 5.26 Å². The zero-order valence-electron chi connectivity index (χ0n) is 11.9. The van der Waals surface area contributed by atoms with Crippen LogP contribution in [-0.2, 0) is 0 Å². The summed E-state index contributed by atoms with van der Waals surface area (Å²) in [6.07, 6.45) is -0.121. The van der Waals surface area contributed by atoms with Gasteiger partial charge in [-0.25, -0.2) is 0 Å². The van der Waals surface area contributed by atoms with Crippen LogP contribution in [0.2, 0.25) is 5.02 Å². The summed E-state index contributed by atoms with van der Waals surface area (Å²) in [7, 11) is 0. The highest BCUT2D eigenvalue weighted by molar-refractivity contribution is 6.34. The minimum Gasteiger partial charge on any atom is -0.318 e. The SMILES string of the molecule is N#CCC(=O)c1ccccc1Cl.NNc1ccccc1[N+](=O)[O-]. The second-order valence-electron chi connectivity index (χ2n) is 4.16. The van der Waals surface area contributed by atoms with E-state index in [-0.39, 0.29) is 17.9 Å². The van der Waals surface area contributed by atoms with Gasteiger partial charge in [0, 0.05) is 11.6 Å².